The Hall–Kier alpha value is -0.610. The summed E-state index contributed by atoms with van der Waals surface area (Å²) in [4.78, 5) is 13.8. The number of carbonyl (C=O) groups is 1. The molecule has 0 bridgehead atoms. The highest BCUT2D eigenvalue weighted by atomic mass is 16.4. The number of rotatable bonds is 7. The van der Waals surface area contributed by atoms with Gasteiger partial charge in [-0.3, -0.25) is 4.79 Å². The zero-order chi connectivity index (χ0) is 12.5. The molecule has 0 aromatic carbocycles. The van der Waals surface area contributed by atoms with Crippen molar-refractivity contribution in [3.05, 3.63) is 0 Å². The molecule has 1 atom stereocenters. The molecule has 0 aliphatic heterocycles. The molecule has 0 spiro atoms. The largest absolute Gasteiger partial charge is 0.480 e. The molecule has 2 aliphatic rings. The van der Waals surface area contributed by atoms with E-state index in [0.29, 0.717) is 12.5 Å². The average Bonchev–Trinajstić information content (AvgIpc) is 3.03. The van der Waals surface area contributed by atoms with Crippen molar-refractivity contribution in [2.45, 2.75) is 37.6 Å². The molecule has 0 amide bonds. The standard InChI is InChI=1S/C13H24N2O2/c1-14-13(12(16)17,11-6-7-11)9-15(2)8-10-4-3-5-10/h10-11,14H,3-9H2,1-2H3,(H,16,17). The van der Waals surface area contributed by atoms with E-state index in [1.165, 1.54) is 19.3 Å². The van der Waals surface area contributed by atoms with Gasteiger partial charge in [-0.05, 0) is 51.6 Å². The third-order valence-electron chi connectivity index (χ3n) is 4.42. The highest BCUT2D eigenvalue weighted by molar-refractivity contribution is 5.80. The fourth-order valence-corrected chi connectivity index (χ4v) is 2.94. The second-order valence-corrected chi connectivity index (χ2v) is 5.79. The maximum absolute atomic E-state index is 11.5. The molecule has 0 aromatic heterocycles. The van der Waals surface area contributed by atoms with Crippen molar-refractivity contribution < 1.29 is 9.90 Å². The number of hydrogen-bond donors (Lipinski definition) is 2. The topological polar surface area (TPSA) is 52.6 Å². The van der Waals surface area contributed by atoms with Crippen LogP contribution in [0.15, 0.2) is 0 Å². The van der Waals surface area contributed by atoms with Gasteiger partial charge in [-0.15, -0.1) is 0 Å². The highest BCUT2D eigenvalue weighted by Gasteiger charge is 2.50. The van der Waals surface area contributed by atoms with Crippen molar-refractivity contribution in [3.63, 3.8) is 0 Å². The van der Waals surface area contributed by atoms with Crippen molar-refractivity contribution in [2.75, 3.05) is 27.2 Å². The van der Waals surface area contributed by atoms with Crippen molar-refractivity contribution in [3.8, 4) is 0 Å². The molecule has 2 fully saturated rings. The third-order valence-corrected chi connectivity index (χ3v) is 4.42. The summed E-state index contributed by atoms with van der Waals surface area (Å²) in [5, 5.41) is 12.6. The fourth-order valence-electron chi connectivity index (χ4n) is 2.94. The molecule has 2 aliphatic carbocycles. The maximum atomic E-state index is 11.5. The summed E-state index contributed by atoms with van der Waals surface area (Å²) in [6, 6.07) is 0. The van der Waals surface area contributed by atoms with E-state index in [2.05, 4.69) is 17.3 Å². The van der Waals surface area contributed by atoms with Crippen LogP contribution in [0.4, 0.5) is 0 Å². The molecule has 4 heteroatoms. The first-order valence-corrected chi connectivity index (χ1v) is 6.69. The molecule has 2 rings (SSSR count). The number of likely N-dealkylation sites (N-methyl/N-ethyl adjacent to an activating group) is 2. The van der Waals surface area contributed by atoms with Gasteiger partial charge in [0, 0.05) is 13.1 Å². The van der Waals surface area contributed by atoms with E-state index in [9.17, 15) is 9.90 Å². The number of carboxylic acids is 1. The lowest BCUT2D eigenvalue weighted by molar-refractivity contribution is -0.146. The van der Waals surface area contributed by atoms with E-state index in [1.54, 1.807) is 7.05 Å². The van der Waals surface area contributed by atoms with Gasteiger partial charge >= 0.3 is 5.97 Å². The van der Waals surface area contributed by atoms with Gasteiger partial charge in [0.2, 0.25) is 0 Å². The zero-order valence-electron chi connectivity index (χ0n) is 10.9. The summed E-state index contributed by atoms with van der Waals surface area (Å²) in [6.45, 7) is 1.67. The highest BCUT2D eigenvalue weighted by Crippen LogP contribution is 2.40. The van der Waals surface area contributed by atoms with E-state index in [1.807, 2.05) is 0 Å². The first-order chi connectivity index (χ1) is 8.08. The van der Waals surface area contributed by atoms with Gasteiger partial charge in [0.15, 0.2) is 0 Å². The Morgan fingerprint density at radius 3 is 2.41 bits per heavy atom. The van der Waals surface area contributed by atoms with Crippen LogP contribution >= 0.6 is 0 Å². The van der Waals surface area contributed by atoms with Crippen molar-refractivity contribution in [1.82, 2.24) is 10.2 Å². The third kappa shape index (κ3) is 2.63. The van der Waals surface area contributed by atoms with Crippen LogP contribution in [-0.4, -0.2) is 48.7 Å². The molecule has 0 saturated heterocycles. The summed E-state index contributed by atoms with van der Waals surface area (Å²) in [5.41, 5.74) is -0.724. The molecular weight excluding hydrogens is 216 g/mol. The number of nitrogens with zero attached hydrogens (tertiary/aromatic N) is 1. The second kappa shape index (κ2) is 4.94. The predicted octanol–water partition coefficient (Wildman–Crippen LogP) is 1.17. The normalized spacial score (nSPS) is 24.4. The van der Waals surface area contributed by atoms with Gasteiger partial charge < -0.3 is 15.3 Å². The van der Waals surface area contributed by atoms with Crippen LogP contribution in [-0.2, 0) is 4.79 Å². The molecule has 2 saturated carbocycles. The number of aliphatic carboxylic acids is 1. The van der Waals surface area contributed by atoms with Gasteiger partial charge in [0.05, 0.1) is 0 Å². The summed E-state index contributed by atoms with van der Waals surface area (Å²) < 4.78 is 0. The molecule has 0 radical (unpaired) electrons. The Morgan fingerprint density at radius 1 is 1.41 bits per heavy atom. The van der Waals surface area contributed by atoms with E-state index in [4.69, 9.17) is 0 Å². The zero-order valence-corrected chi connectivity index (χ0v) is 10.9. The molecule has 0 aromatic rings. The van der Waals surface area contributed by atoms with Crippen LogP contribution in [0.3, 0.4) is 0 Å². The Kier molecular flexibility index (Phi) is 3.73. The lowest BCUT2D eigenvalue weighted by atomic mass is 9.84. The van der Waals surface area contributed by atoms with Crippen molar-refractivity contribution in [1.29, 1.82) is 0 Å². The van der Waals surface area contributed by atoms with Crippen LogP contribution in [0.25, 0.3) is 0 Å². The first kappa shape index (κ1) is 12.8. The first-order valence-electron chi connectivity index (χ1n) is 6.69. The summed E-state index contributed by atoms with van der Waals surface area (Å²) in [7, 11) is 3.83. The summed E-state index contributed by atoms with van der Waals surface area (Å²) in [5.74, 6) is 0.416. The Balaban J connectivity index is 1.93. The smallest absolute Gasteiger partial charge is 0.325 e. The van der Waals surface area contributed by atoms with Gasteiger partial charge in [0.25, 0.3) is 0 Å². The molecule has 4 nitrogen and oxygen atoms in total. The molecule has 17 heavy (non-hydrogen) atoms. The van der Waals surface area contributed by atoms with Crippen LogP contribution in [0.2, 0.25) is 0 Å². The van der Waals surface area contributed by atoms with Gasteiger partial charge in [0.1, 0.15) is 5.54 Å². The molecule has 2 N–H and O–H groups in total. The Morgan fingerprint density at radius 2 is 2.06 bits per heavy atom. The van der Waals surface area contributed by atoms with E-state index in [0.717, 1.165) is 25.3 Å². The van der Waals surface area contributed by atoms with Crippen LogP contribution in [0, 0.1) is 11.8 Å². The van der Waals surface area contributed by atoms with E-state index < -0.39 is 11.5 Å². The van der Waals surface area contributed by atoms with Gasteiger partial charge in [-0.1, -0.05) is 6.42 Å². The molecule has 1 unspecified atom stereocenters. The second-order valence-electron chi connectivity index (χ2n) is 5.79. The number of nitrogens with one attached hydrogen (secondary N) is 1. The minimum absolute atomic E-state index is 0.314. The Labute approximate surface area is 103 Å². The minimum atomic E-state index is -0.724. The predicted molar refractivity (Wildman–Crippen MR) is 67.0 cm³/mol. The average molecular weight is 240 g/mol. The van der Waals surface area contributed by atoms with E-state index in [-0.39, 0.29) is 0 Å². The number of carboxylic acid groups (broad SMARTS) is 1. The van der Waals surface area contributed by atoms with Gasteiger partial charge in [-0.2, -0.15) is 0 Å². The molecule has 0 heterocycles. The summed E-state index contributed by atoms with van der Waals surface area (Å²) in [6.07, 6.45) is 6.06. The molecule has 98 valence electrons. The Bertz CT molecular complexity index is 287. The lowest BCUT2D eigenvalue weighted by Crippen LogP contribution is -2.59. The quantitative estimate of drug-likeness (QED) is 0.701. The van der Waals surface area contributed by atoms with Crippen molar-refractivity contribution in [2.24, 2.45) is 11.8 Å². The lowest BCUT2D eigenvalue weighted by Gasteiger charge is -2.36. The van der Waals surface area contributed by atoms with Crippen molar-refractivity contribution >= 4 is 5.97 Å². The molecular formula is C13H24N2O2. The summed E-state index contributed by atoms with van der Waals surface area (Å²) >= 11 is 0. The fraction of sp³-hybridized carbons (Fsp3) is 0.923. The maximum Gasteiger partial charge on any atom is 0.325 e. The SMILES string of the molecule is CNC(CN(C)CC1CCC1)(C(=O)O)C1CC1. The monoisotopic (exact) mass is 240 g/mol. The van der Waals surface area contributed by atoms with E-state index >= 15 is 0 Å². The van der Waals surface area contributed by atoms with Gasteiger partial charge in [-0.25, -0.2) is 0 Å². The van der Waals surface area contributed by atoms with Crippen LogP contribution in [0.5, 0.6) is 0 Å². The van der Waals surface area contributed by atoms with Crippen LogP contribution in [0.1, 0.15) is 32.1 Å². The number of hydrogen-bond acceptors (Lipinski definition) is 3. The van der Waals surface area contributed by atoms with Crippen LogP contribution < -0.4 is 5.32 Å². The minimum Gasteiger partial charge on any atom is -0.480 e.